The van der Waals surface area contributed by atoms with Crippen LogP contribution in [0.15, 0.2) is 54.6 Å². The Kier molecular flexibility index (Phi) is 5.49. The zero-order valence-corrected chi connectivity index (χ0v) is 12.2. The van der Waals surface area contributed by atoms with Crippen molar-refractivity contribution in [3.63, 3.8) is 0 Å². The molecule has 5 heteroatoms. The van der Waals surface area contributed by atoms with Gasteiger partial charge in [-0.15, -0.1) is 0 Å². The van der Waals surface area contributed by atoms with E-state index in [1.165, 1.54) is 12.1 Å². The Morgan fingerprint density at radius 3 is 2.64 bits per heavy atom. The Bertz CT molecular complexity index is 618. The molecule has 2 rings (SSSR count). The molecule has 0 fully saturated rings. The number of hydrogen-bond donors (Lipinski definition) is 2. The molecule has 4 nitrogen and oxygen atoms in total. The lowest BCUT2D eigenvalue weighted by Crippen LogP contribution is -2.36. The molecule has 2 atom stereocenters. The number of ether oxygens (including phenoxy) is 1. The SMILES string of the molecule is CC(CNC(=O)C(O)c1ccccc1)Oc1cccc(F)c1. The van der Waals surface area contributed by atoms with Crippen molar-refractivity contribution in [3.05, 3.63) is 66.0 Å². The van der Waals surface area contributed by atoms with Crippen LogP contribution in [0.3, 0.4) is 0 Å². The number of nitrogens with one attached hydrogen (secondary N) is 1. The normalized spacial score (nSPS) is 13.2. The Morgan fingerprint density at radius 1 is 1.23 bits per heavy atom. The van der Waals surface area contributed by atoms with E-state index in [9.17, 15) is 14.3 Å². The number of halogens is 1. The summed E-state index contributed by atoms with van der Waals surface area (Å²) in [7, 11) is 0. The fourth-order valence-electron chi connectivity index (χ4n) is 1.94. The van der Waals surface area contributed by atoms with E-state index in [0.717, 1.165) is 0 Å². The highest BCUT2D eigenvalue weighted by atomic mass is 19.1. The maximum absolute atomic E-state index is 13.0. The molecule has 2 unspecified atom stereocenters. The van der Waals surface area contributed by atoms with Gasteiger partial charge in [-0.25, -0.2) is 4.39 Å². The Hall–Kier alpha value is -2.40. The highest BCUT2D eigenvalue weighted by molar-refractivity contribution is 5.81. The summed E-state index contributed by atoms with van der Waals surface area (Å²) in [5.41, 5.74) is 0.527. The van der Waals surface area contributed by atoms with Gasteiger partial charge in [0.15, 0.2) is 6.10 Å². The summed E-state index contributed by atoms with van der Waals surface area (Å²) in [6.07, 6.45) is -1.57. The smallest absolute Gasteiger partial charge is 0.253 e. The fraction of sp³-hybridized carbons (Fsp3) is 0.235. The second-order valence-electron chi connectivity index (χ2n) is 4.94. The van der Waals surface area contributed by atoms with Gasteiger partial charge in [0.1, 0.15) is 17.7 Å². The van der Waals surface area contributed by atoms with Crippen LogP contribution in [0, 0.1) is 5.82 Å². The van der Waals surface area contributed by atoms with Crippen molar-refractivity contribution < 1.29 is 19.0 Å². The number of carbonyl (C=O) groups excluding carboxylic acids is 1. The molecular weight excluding hydrogens is 285 g/mol. The number of hydrogen-bond acceptors (Lipinski definition) is 3. The summed E-state index contributed by atoms with van der Waals surface area (Å²) in [5.74, 6) is -0.487. The van der Waals surface area contributed by atoms with Gasteiger partial charge in [-0.2, -0.15) is 0 Å². The third kappa shape index (κ3) is 4.56. The molecule has 0 aliphatic carbocycles. The molecule has 1 amide bonds. The molecule has 0 bridgehead atoms. The number of carbonyl (C=O) groups is 1. The molecule has 116 valence electrons. The highest BCUT2D eigenvalue weighted by Crippen LogP contribution is 2.14. The van der Waals surface area contributed by atoms with E-state index in [-0.39, 0.29) is 18.5 Å². The number of amides is 1. The Balaban J connectivity index is 1.83. The van der Waals surface area contributed by atoms with Crippen LogP contribution in [0.2, 0.25) is 0 Å². The molecule has 2 aromatic carbocycles. The lowest BCUT2D eigenvalue weighted by atomic mass is 10.1. The number of benzene rings is 2. The first-order valence-electron chi connectivity index (χ1n) is 6.99. The topological polar surface area (TPSA) is 58.6 Å². The summed E-state index contributed by atoms with van der Waals surface area (Å²) < 4.78 is 18.5. The van der Waals surface area contributed by atoms with Gasteiger partial charge in [0.2, 0.25) is 0 Å². The standard InChI is InChI=1S/C17H18FNO3/c1-12(22-15-9-5-8-14(18)10-15)11-19-17(21)16(20)13-6-3-2-4-7-13/h2-10,12,16,20H,11H2,1H3,(H,19,21). The van der Waals surface area contributed by atoms with Crippen molar-refractivity contribution >= 4 is 5.91 Å². The van der Waals surface area contributed by atoms with Crippen LogP contribution in [0.4, 0.5) is 4.39 Å². The largest absolute Gasteiger partial charge is 0.489 e. The van der Waals surface area contributed by atoms with Crippen LogP contribution < -0.4 is 10.1 Å². The van der Waals surface area contributed by atoms with Crippen LogP contribution in [-0.2, 0) is 4.79 Å². The average Bonchev–Trinajstić information content (AvgIpc) is 2.52. The summed E-state index contributed by atoms with van der Waals surface area (Å²) in [6, 6.07) is 14.5. The monoisotopic (exact) mass is 303 g/mol. The molecule has 0 aliphatic rings. The van der Waals surface area contributed by atoms with Gasteiger partial charge in [-0.05, 0) is 24.6 Å². The molecule has 2 aromatic rings. The first kappa shape index (κ1) is 16.0. The molecule has 0 aromatic heterocycles. The average molecular weight is 303 g/mol. The van der Waals surface area contributed by atoms with Crippen molar-refractivity contribution in [1.82, 2.24) is 5.32 Å². The van der Waals surface area contributed by atoms with Gasteiger partial charge >= 0.3 is 0 Å². The first-order valence-corrected chi connectivity index (χ1v) is 6.99. The van der Waals surface area contributed by atoms with Crippen LogP contribution in [-0.4, -0.2) is 23.7 Å². The van der Waals surface area contributed by atoms with E-state index in [0.29, 0.717) is 11.3 Å². The Labute approximate surface area is 128 Å². The summed E-state index contributed by atoms with van der Waals surface area (Å²) in [6.45, 7) is 1.96. The first-order chi connectivity index (χ1) is 10.6. The predicted octanol–water partition coefficient (Wildman–Crippen LogP) is 2.44. The lowest BCUT2D eigenvalue weighted by molar-refractivity contribution is -0.129. The van der Waals surface area contributed by atoms with E-state index in [1.54, 1.807) is 43.3 Å². The van der Waals surface area contributed by atoms with Crippen LogP contribution in [0.25, 0.3) is 0 Å². The molecule has 0 radical (unpaired) electrons. The van der Waals surface area contributed by atoms with Gasteiger partial charge in [0, 0.05) is 6.07 Å². The maximum atomic E-state index is 13.0. The van der Waals surface area contributed by atoms with Gasteiger partial charge in [0.05, 0.1) is 6.54 Å². The minimum Gasteiger partial charge on any atom is -0.489 e. The summed E-state index contributed by atoms with van der Waals surface area (Å²) in [5, 5.41) is 12.5. The summed E-state index contributed by atoms with van der Waals surface area (Å²) in [4.78, 5) is 11.9. The van der Waals surface area contributed by atoms with Crippen molar-refractivity contribution in [2.24, 2.45) is 0 Å². The van der Waals surface area contributed by atoms with Gasteiger partial charge in [-0.1, -0.05) is 36.4 Å². The molecule has 2 N–H and O–H groups in total. The third-order valence-corrected chi connectivity index (χ3v) is 3.06. The molecule has 0 saturated carbocycles. The molecule has 0 saturated heterocycles. The molecular formula is C17H18FNO3. The predicted molar refractivity (Wildman–Crippen MR) is 80.9 cm³/mol. The zero-order chi connectivity index (χ0) is 15.9. The van der Waals surface area contributed by atoms with E-state index in [4.69, 9.17) is 4.74 Å². The van der Waals surface area contributed by atoms with E-state index >= 15 is 0 Å². The van der Waals surface area contributed by atoms with Gasteiger partial charge < -0.3 is 15.2 Å². The zero-order valence-electron chi connectivity index (χ0n) is 12.2. The maximum Gasteiger partial charge on any atom is 0.253 e. The van der Waals surface area contributed by atoms with Crippen molar-refractivity contribution in [2.45, 2.75) is 19.1 Å². The van der Waals surface area contributed by atoms with Crippen LogP contribution in [0.5, 0.6) is 5.75 Å². The second-order valence-corrected chi connectivity index (χ2v) is 4.94. The molecule has 0 heterocycles. The fourth-order valence-corrected chi connectivity index (χ4v) is 1.94. The van der Waals surface area contributed by atoms with E-state index in [2.05, 4.69) is 5.32 Å². The minimum absolute atomic E-state index is 0.208. The lowest BCUT2D eigenvalue weighted by Gasteiger charge is -2.17. The van der Waals surface area contributed by atoms with E-state index < -0.39 is 12.0 Å². The molecule has 22 heavy (non-hydrogen) atoms. The number of aliphatic hydroxyl groups is 1. The van der Waals surface area contributed by atoms with E-state index in [1.807, 2.05) is 6.07 Å². The second kappa shape index (κ2) is 7.56. The number of aliphatic hydroxyl groups excluding tert-OH is 1. The minimum atomic E-state index is -1.22. The molecule has 0 aliphatic heterocycles. The van der Waals surface area contributed by atoms with Gasteiger partial charge in [0.25, 0.3) is 5.91 Å². The third-order valence-electron chi connectivity index (χ3n) is 3.06. The quantitative estimate of drug-likeness (QED) is 0.862. The molecule has 0 spiro atoms. The Morgan fingerprint density at radius 2 is 1.95 bits per heavy atom. The van der Waals surface area contributed by atoms with Crippen molar-refractivity contribution in [1.29, 1.82) is 0 Å². The van der Waals surface area contributed by atoms with Crippen molar-refractivity contribution in [2.75, 3.05) is 6.54 Å². The van der Waals surface area contributed by atoms with Crippen LogP contribution >= 0.6 is 0 Å². The van der Waals surface area contributed by atoms with Crippen LogP contribution in [0.1, 0.15) is 18.6 Å². The summed E-state index contributed by atoms with van der Waals surface area (Å²) >= 11 is 0. The van der Waals surface area contributed by atoms with Crippen molar-refractivity contribution in [3.8, 4) is 5.75 Å². The highest BCUT2D eigenvalue weighted by Gasteiger charge is 2.17. The number of rotatable bonds is 6. The van der Waals surface area contributed by atoms with Gasteiger partial charge in [-0.3, -0.25) is 4.79 Å².